The molecule has 218 valence electrons. The van der Waals surface area contributed by atoms with E-state index in [2.05, 4.69) is 32.6 Å². The highest BCUT2D eigenvalue weighted by atomic mass is 15.1. The highest BCUT2D eigenvalue weighted by molar-refractivity contribution is 4.61. The van der Waals surface area contributed by atoms with Crippen LogP contribution >= 0.6 is 0 Å². The molecule has 0 heterocycles. The van der Waals surface area contributed by atoms with Crippen molar-refractivity contribution in [2.45, 2.75) is 201 Å². The van der Waals surface area contributed by atoms with E-state index >= 15 is 0 Å². The van der Waals surface area contributed by atoms with Crippen LogP contribution in [0.1, 0.15) is 201 Å². The molecule has 0 spiro atoms. The molecule has 0 saturated carbocycles. The first kappa shape index (κ1) is 36.0. The van der Waals surface area contributed by atoms with Crippen LogP contribution in [0, 0.1) is 5.92 Å². The maximum Gasteiger partial charge on any atom is -0.00187 e. The fourth-order valence-electron chi connectivity index (χ4n) is 5.58. The molecule has 0 N–H and O–H groups in total. The molecule has 0 bridgehead atoms. The summed E-state index contributed by atoms with van der Waals surface area (Å²) in [6, 6.07) is 0. The third kappa shape index (κ3) is 30.2. The van der Waals surface area contributed by atoms with Crippen molar-refractivity contribution in [1.29, 1.82) is 0 Å². The lowest BCUT2D eigenvalue weighted by atomic mass is 10.0. The zero-order valence-corrected chi connectivity index (χ0v) is 26.2. The van der Waals surface area contributed by atoms with E-state index in [4.69, 9.17) is 0 Å². The summed E-state index contributed by atoms with van der Waals surface area (Å²) in [5, 5.41) is 0. The van der Waals surface area contributed by atoms with Gasteiger partial charge in [0.1, 0.15) is 0 Å². The third-order valence-electron chi connectivity index (χ3n) is 8.16. The van der Waals surface area contributed by atoms with Gasteiger partial charge >= 0.3 is 0 Å². The summed E-state index contributed by atoms with van der Waals surface area (Å²) in [5.41, 5.74) is 0. The molecule has 0 aliphatic carbocycles. The van der Waals surface area contributed by atoms with E-state index in [1.165, 1.54) is 193 Å². The lowest BCUT2D eigenvalue weighted by Crippen LogP contribution is -2.27. The predicted octanol–water partition coefficient (Wildman–Crippen LogP) is 12.5. The second-order valence-corrected chi connectivity index (χ2v) is 12.5. The first-order chi connectivity index (χ1) is 17.7. The molecule has 0 aromatic carbocycles. The van der Waals surface area contributed by atoms with Crippen molar-refractivity contribution in [2.75, 3.05) is 19.6 Å². The number of nitrogens with zero attached hydrogens (tertiary/aromatic N) is 1. The minimum Gasteiger partial charge on any atom is -0.303 e. The maximum atomic E-state index is 2.83. The molecule has 0 aliphatic rings. The second kappa shape index (κ2) is 31.2. The van der Waals surface area contributed by atoms with Gasteiger partial charge in [0.05, 0.1) is 0 Å². The number of hydrogen-bond donors (Lipinski definition) is 0. The molecular weight excluding hydrogens is 434 g/mol. The normalized spacial score (nSPS) is 11.8. The lowest BCUT2D eigenvalue weighted by molar-refractivity contribution is 0.252. The van der Waals surface area contributed by atoms with E-state index in [1.807, 2.05) is 0 Å². The highest BCUT2D eigenvalue weighted by Gasteiger charge is 2.05. The van der Waals surface area contributed by atoms with Crippen molar-refractivity contribution in [3.8, 4) is 0 Å². The molecule has 1 heteroatoms. The number of unbranched alkanes of at least 4 members (excludes halogenated alkanes) is 23. The fraction of sp³-hybridized carbons (Fsp3) is 1.00. The molecule has 0 radical (unpaired) electrons. The molecule has 0 fully saturated rings. The van der Waals surface area contributed by atoms with Gasteiger partial charge in [-0.2, -0.15) is 0 Å². The minimum atomic E-state index is 0.867. The molecule has 0 unspecified atom stereocenters. The second-order valence-electron chi connectivity index (χ2n) is 12.5. The molecule has 36 heavy (non-hydrogen) atoms. The van der Waals surface area contributed by atoms with Gasteiger partial charge in [-0.3, -0.25) is 0 Å². The van der Waals surface area contributed by atoms with Gasteiger partial charge in [-0.25, -0.2) is 0 Å². The van der Waals surface area contributed by atoms with Crippen LogP contribution in [0.2, 0.25) is 0 Å². The summed E-state index contributed by atoms with van der Waals surface area (Å²) >= 11 is 0. The quantitative estimate of drug-likeness (QED) is 0.0843. The van der Waals surface area contributed by atoms with Gasteiger partial charge in [0, 0.05) is 0 Å². The average Bonchev–Trinajstić information content (AvgIpc) is 2.87. The molecule has 0 saturated heterocycles. The van der Waals surface area contributed by atoms with Gasteiger partial charge in [0.2, 0.25) is 0 Å². The van der Waals surface area contributed by atoms with Crippen molar-refractivity contribution in [1.82, 2.24) is 4.90 Å². The van der Waals surface area contributed by atoms with Crippen LogP contribution in [0.5, 0.6) is 0 Å². The average molecular weight is 508 g/mol. The Balaban J connectivity index is 3.73. The van der Waals surface area contributed by atoms with Crippen molar-refractivity contribution in [2.24, 2.45) is 5.92 Å². The van der Waals surface area contributed by atoms with Crippen LogP contribution < -0.4 is 0 Å². The Hall–Kier alpha value is -0.0400. The van der Waals surface area contributed by atoms with Gasteiger partial charge in [-0.05, 0) is 44.8 Å². The fourth-order valence-corrected chi connectivity index (χ4v) is 5.58. The van der Waals surface area contributed by atoms with Crippen molar-refractivity contribution >= 4 is 0 Å². The summed E-state index contributed by atoms with van der Waals surface area (Å²) in [6.07, 6.45) is 39.2. The molecule has 0 amide bonds. The van der Waals surface area contributed by atoms with Gasteiger partial charge in [-0.15, -0.1) is 0 Å². The van der Waals surface area contributed by atoms with Gasteiger partial charge < -0.3 is 4.90 Å². The molecule has 0 atom stereocenters. The maximum absolute atomic E-state index is 2.83. The van der Waals surface area contributed by atoms with E-state index in [-0.39, 0.29) is 0 Å². The SMILES string of the molecule is CCCCCCCCCCCCCCN(CCCCCCCCCCCCCC)CCCCC(C)C. The standard InChI is InChI=1S/C35H73N/c1-5-7-9-11-13-15-17-19-21-23-25-28-32-36(34-30-27-31-35(3)4)33-29-26-24-22-20-18-16-14-12-10-8-6-2/h35H,5-34H2,1-4H3. The summed E-state index contributed by atoms with van der Waals surface area (Å²) < 4.78 is 0. The first-order valence-corrected chi connectivity index (χ1v) is 17.4. The van der Waals surface area contributed by atoms with E-state index in [1.54, 1.807) is 0 Å². The number of rotatable bonds is 31. The zero-order valence-electron chi connectivity index (χ0n) is 26.2. The van der Waals surface area contributed by atoms with Crippen LogP contribution in [-0.4, -0.2) is 24.5 Å². The van der Waals surface area contributed by atoms with E-state index in [0.29, 0.717) is 0 Å². The van der Waals surface area contributed by atoms with E-state index in [9.17, 15) is 0 Å². The monoisotopic (exact) mass is 508 g/mol. The van der Waals surface area contributed by atoms with Gasteiger partial charge in [0.25, 0.3) is 0 Å². The van der Waals surface area contributed by atoms with Gasteiger partial charge in [0.15, 0.2) is 0 Å². The Kier molecular flexibility index (Phi) is 31.1. The Morgan fingerprint density at radius 3 is 0.861 bits per heavy atom. The summed E-state index contributed by atoms with van der Waals surface area (Å²) in [6.45, 7) is 13.4. The zero-order chi connectivity index (χ0) is 26.4. The first-order valence-electron chi connectivity index (χ1n) is 17.4. The van der Waals surface area contributed by atoms with Crippen LogP contribution in [0.25, 0.3) is 0 Å². The van der Waals surface area contributed by atoms with E-state index < -0.39 is 0 Å². The van der Waals surface area contributed by atoms with Crippen LogP contribution in [0.4, 0.5) is 0 Å². The van der Waals surface area contributed by atoms with Crippen molar-refractivity contribution in [3.05, 3.63) is 0 Å². The largest absolute Gasteiger partial charge is 0.303 e. The van der Waals surface area contributed by atoms with Gasteiger partial charge in [-0.1, -0.05) is 182 Å². The Labute approximate surface area is 231 Å². The molecule has 0 aliphatic heterocycles. The molecular formula is C35H73N. The molecule has 1 nitrogen and oxygen atoms in total. The minimum absolute atomic E-state index is 0.867. The Morgan fingerprint density at radius 1 is 0.333 bits per heavy atom. The van der Waals surface area contributed by atoms with Crippen molar-refractivity contribution < 1.29 is 0 Å². The lowest BCUT2D eigenvalue weighted by Gasteiger charge is -2.22. The van der Waals surface area contributed by atoms with Crippen LogP contribution in [0.15, 0.2) is 0 Å². The van der Waals surface area contributed by atoms with E-state index in [0.717, 1.165) is 5.92 Å². The van der Waals surface area contributed by atoms with Crippen molar-refractivity contribution in [3.63, 3.8) is 0 Å². The summed E-state index contributed by atoms with van der Waals surface area (Å²) in [5.74, 6) is 0.867. The smallest absolute Gasteiger partial charge is 0.00187 e. The molecule has 0 aromatic heterocycles. The van der Waals surface area contributed by atoms with Crippen LogP contribution in [-0.2, 0) is 0 Å². The summed E-state index contributed by atoms with van der Waals surface area (Å²) in [7, 11) is 0. The molecule has 0 aromatic rings. The summed E-state index contributed by atoms with van der Waals surface area (Å²) in [4.78, 5) is 2.83. The Morgan fingerprint density at radius 2 is 0.583 bits per heavy atom. The number of hydrogen-bond acceptors (Lipinski definition) is 1. The third-order valence-corrected chi connectivity index (χ3v) is 8.16. The Bertz CT molecular complexity index is 349. The predicted molar refractivity (Wildman–Crippen MR) is 167 cm³/mol. The topological polar surface area (TPSA) is 3.24 Å². The van der Waals surface area contributed by atoms with Crippen LogP contribution in [0.3, 0.4) is 0 Å². The highest BCUT2D eigenvalue weighted by Crippen LogP contribution is 2.15. The molecule has 0 rings (SSSR count).